The first-order chi connectivity index (χ1) is 13.1. The van der Waals surface area contributed by atoms with Gasteiger partial charge in [-0.2, -0.15) is 36.5 Å². The summed E-state index contributed by atoms with van der Waals surface area (Å²) in [5.41, 5.74) is 6.98. The number of nitrogens with zero attached hydrogens (tertiary/aromatic N) is 3. The number of halogens is 7. The van der Waals surface area contributed by atoms with E-state index >= 15 is 0 Å². The maximum absolute atomic E-state index is 12.4. The number of rotatable bonds is 4. The molecular weight excluding hydrogens is 424 g/mol. The van der Waals surface area contributed by atoms with Crippen molar-refractivity contribution in [2.75, 3.05) is 0 Å². The number of hydrogen-bond acceptors (Lipinski definition) is 3. The van der Waals surface area contributed by atoms with Crippen LogP contribution in [0.1, 0.15) is 22.3 Å². The van der Waals surface area contributed by atoms with Gasteiger partial charge in [0.05, 0.1) is 23.6 Å². The van der Waals surface area contributed by atoms with Gasteiger partial charge in [0.2, 0.25) is 5.96 Å². The van der Waals surface area contributed by atoms with E-state index in [-0.39, 0.29) is 18.4 Å². The highest BCUT2D eigenvalue weighted by Crippen LogP contribution is 2.29. The van der Waals surface area contributed by atoms with Crippen LogP contribution in [0.3, 0.4) is 0 Å². The fourth-order valence-corrected chi connectivity index (χ4v) is 1.87. The molecule has 0 spiro atoms. The molecule has 5 nitrogen and oxygen atoms in total. The fourth-order valence-electron chi connectivity index (χ4n) is 1.87. The zero-order valence-electron chi connectivity index (χ0n) is 14.4. The van der Waals surface area contributed by atoms with Gasteiger partial charge in [-0.25, -0.2) is 5.43 Å². The summed E-state index contributed by atoms with van der Waals surface area (Å²) in [6, 6.07) is 8.51. The molecule has 0 aliphatic rings. The van der Waals surface area contributed by atoms with Gasteiger partial charge in [-0.1, -0.05) is 24.3 Å². The van der Waals surface area contributed by atoms with Gasteiger partial charge >= 0.3 is 12.4 Å². The summed E-state index contributed by atoms with van der Waals surface area (Å²) < 4.78 is 74.7. The van der Waals surface area contributed by atoms with E-state index < -0.39 is 23.5 Å². The molecule has 0 atom stereocenters. The minimum Gasteiger partial charge on any atom is -0.367 e. The predicted octanol–water partition coefficient (Wildman–Crippen LogP) is 4.42. The van der Waals surface area contributed by atoms with Crippen LogP contribution in [0.5, 0.6) is 0 Å². The summed E-state index contributed by atoms with van der Waals surface area (Å²) in [5.74, 6) is -0.230. The van der Waals surface area contributed by atoms with Crippen LogP contribution in [0.15, 0.2) is 63.8 Å². The molecule has 0 bridgehead atoms. The van der Waals surface area contributed by atoms with Crippen molar-refractivity contribution in [1.29, 1.82) is 0 Å². The Morgan fingerprint density at radius 1 is 0.759 bits per heavy atom. The average molecular weight is 438 g/mol. The number of guanidine groups is 1. The monoisotopic (exact) mass is 437 g/mol. The fraction of sp³-hybridized carbons (Fsp3) is 0.118. The van der Waals surface area contributed by atoms with Crippen molar-refractivity contribution in [2.24, 2.45) is 21.0 Å². The highest BCUT2D eigenvalue weighted by atomic mass is 35.5. The van der Waals surface area contributed by atoms with E-state index in [0.717, 1.165) is 24.3 Å². The molecule has 0 radical (unpaired) electrons. The van der Waals surface area contributed by atoms with Crippen LogP contribution < -0.4 is 11.2 Å². The Kier molecular flexibility index (Phi) is 8.19. The molecular formula is C17H14ClF6N5. The van der Waals surface area contributed by atoms with Crippen LogP contribution in [0.2, 0.25) is 0 Å². The first-order valence-corrected chi connectivity index (χ1v) is 7.56. The Morgan fingerprint density at radius 2 is 1.17 bits per heavy atom. The molecule has 2 aromatic rings. The van der Waals surface area contributed by atoms with Crippen molar-refractivity contribution in [1.82, 2.24) is 5.43 Å². The van der Waals surface area contributed by atoms with Crippen LogP contribution >= 0.6 is 12.4 Å². The summed E-state index contributed by atoms with van der Waals surface area (Å²) in [6.45, 7) is 0. The van der Waals surface area contributed by atoms with E-state index in [9.17, 15) is 26.3 Å². The molecule has 3 N–H and O–H groups in total. The summed E-state index contributed by atoms with van der Waals surface area (Å²) in [4.78, 5) is 0. The predicted molar refractivity (Wildman–Crippen MR) is 100 cm³/mol. The Hall–Kier alpha value is -3.08. The third-order valence-corrected chi connectivity index (χ3v) is 3.24. The minimum absolute atomic E-state index is 0. The number of nitrogens with one attached hydrogen (secondary N) is 1. The highest BCUT2D eigenvalue weighted by Gasteiger charge is 2.30. The van der Waals surface area contributed by atoms with Gasteiger partial charge in [0.25, 0.3) is 0 Å². The number of hydrazone groups is 1. The summed E-state index contributed by atoms with van der Waals surface area (Å²) >= 11 is 0. The lowest BCUT2D eigenvalue weighted by molar-refractivity contribution is -0.138. The van der Waals surface area contributed by atoms with Crippen molar-refractivity contribution in [3.05, 3.63) is 70.8 Å². The molecule has 0 aromatic heterocycles. The van der Waals surface area contributed by atoms with E-state index in [4.69, 9.17) is 5.73 Å². The van der Waals surface area contributed by atoms with Gasteiger partial charge in [0.15, 0.2) is 0 Å². The normalized spacial score (nSPS) is 13.0. The molecule has 12 heteroatoms. The van der Waals surface area contributed by atoms with Crippen molar-refractivity contribution in [3.63, 3.8) is 0 Å². The topological polar surface area (TPSA) is 75.1 Å². The highest BCUT2D eigenvalue weighted by molar-refractivity contribution is 5.85. The molecule has 0 aliphatic carbocycles. The third-order valence-electron chi connectivity index (χ3n) is 3.24. The van der Waals surface area contributed by atoms with Crippen LogP contribution in [-0.2, 0) is 12.4 Å². The lowest BCUT2D eigenvalue weighted by Crippen LogP contribution is -2.26. The maximum Gasteiger partial charge on any atom is 0.416 e. The molecule has 29 heavy (non-hydrogen) atoms. The molecule has 0 amide bonds. The molecule has 0 saturated carbocycles. The van der Waals surface area contributed by atoms with E-state index in [0.29, 0.717) is 11.1 Å². The molecule has 0 heterocycles. The van der Waals surface area contributed by atoms with Crippen molar-refractivity contribution < 1.29 is 26.3 Å². The van der Waals surface area contributed by atoms with Crippen molar-refractivity contribution in [3.8, 4) is 0 Å². The first-order valence-electron chi connectivity index (χ1n) is 7.56. The molecule has 2 aromatic carbocycles. The minimum atomic E-state index is -4.42. The largest absolute Gasteiger partial charge is 0.416 e. The van der Waals surface area contributed by atoms with Gasteiger partial charge in [0, 0.05) is 0 Å². The number of nitrogens with two attached hydrogens (primary N) is 1. The molecule has 0 fully saturated rings. The SMILES string of the molecule is Cl.NC(=N/N=C/c1ccc(C(F)(F)F)cc1)N/N=C/c1ccc(C(F)(F)F)cc1. The van der Waals surface area contributed by atoms with Crippen molar-refractivity contribution in [2.45, 2.75) is 12.4 Å². The standard InChI is InChI=1S/C17H13F6N5.ClH/c18-16(19,20)13-5-1-11(2-6-13)9-25-27-15(24)28-26-10-12-3-7-14(8-4-12)17(21,22)23;/h1-10H,(H3,24,27,28);1H/b25-9+,26-10+;. The Balaban J connectivity index is 0.00000420. The Morgan fingerprint density at radius 3 is 1.59 bits per heavy atom. The zero-order valence-corrected chi connectivity index (χ0v) is 15.2. The van der Waals surface area contributed by atoms with E-state index in [1.165, 1.54) is 36.7 Å². The Bertz CT molecular complexity index is 871. The van der Waals surface area contributed by atoms with E-state index in [1.54, 1.807) is 0 Å². The molecule has 2 rings (SSSR count). The van der Waals surface area contributed by atoms with E-state index in [1.807, 2.05) is 0 Å². The van der Waals surface area contributed by atoms with Crippen LogP contribution in [0, 0.1) is 0 Å². The van der Waals surface area contributed by atoms with Crippen LogP contribution in [-0.4, -0.2) is 18.4 Å². The van der Waals surface area contributed by atoms with Crippen LogP contribution in [0.25, 0.3) is 0 Å². The molecule has 156 valence electrons. The second kappa shape index (κ2) is 9.92. The van der Waals surface area contributed by atoms with Gasteiger partial charge < -0.3 is 5.73 Å². The summed E-state index contributed by atoms with van der Waals surface area (Å²) in [6.07, 6.45) is -6.43. The molecule has 0 saturated heterocycles. The lowest BCUT2D eigenvalue weighted by atomic mass is 10.1. The lowest BCUT2D eigenvalue weighted by Gasteiger charge is -2.05. The van der Waals surface area contributed by atoms with Gasteiger partial charge in [-0.05, 0) is 35.4 Å². The van der Waals surface area contributed by atoms with Crippen molar-refractivity contribution >= 4 is 30.8 Å². The molecule has 0 aliphatic heterocycles. The second-order valence-electron chi connectivity index (χ2n) is 5.34. The molecule has 0 unspecified atom stereocenters. The van der Waals surface area contributed by atoms with E-state index in [2.05, 4.69) is 20.7 Å². The summed E-state index contributed by atoms with van der Waals surface area (Å²) in [7, 11) is 0. The first kappa shape index (κ1) is 24.0. The Labute approximate surface area is 167 Å². The van der Waals surface area contributed by atoms with Crippen LogP contribution in [0.4, 0.5) is 26.3 Å². The summed E-state index contributed by atoms with van der Waals surface area (Å²) in [5, 5.41) is 10.8. The van der Waals surface area contributed by atoms with Gasteiger partial charge in [0.1, 0.15) is 0 Å². The number of hydrogen-bond donors (Lipinski definition) is 2. The van der Waals surface area contributed by atoms with Gasteiger partial charge in [-0.3, -0.25) is 0 Å². The number of benzene rings is 2. The zero-order chi connectivity index (χ0) is 20.8. The quantitative estimate of drug-likeness (QED) is 0.321. The number of alkyl halides is 6. The average Bonchev–Trinajstić information content (AvgIpc) is 2.61. The third kappa shape index (κ3) is 7.82. The second-order valence-corrected chi connectivity index (χ2v) is 5.34. The van der Waals surface area contributed by atoms with Gasteiger partial charge in [-0.15, -0.1) is 17.5 Å². The smallest absolute Gasteiger partial charge is 0.367 e. The maximum atomic E-state index is 12.4.